The molecule has 0 bridgehead atoms. The van der Waals surface area contributed by atoms with Crippen molar-refractivity contribution in [2.75, 3.05) is 0 Å². The summed E-state index contributed by atoms with van der Waals surface area (Å²) in [7, 11) is -4.27. The molecule has 0 saturated heterocycles. The van der Waals surface area contributed by atoms with Gasteiger partial charge in [0.1, 0.15) is 5.82 Å². The lowest BCUT2D eigenvalue weighted by atomic mass is 10.0. The molecule has 0 saturated carbocycles. The van der Waals surface area contributed by atoms with Crippen LogP contribution < -0.4 is 5.56 Å². The van der Waals surface area contributed by atoms with E-state index in [0.29, 0.717) is 23.1 Å². The topological polar surface area (TPSA) is 89.3 Å². The van der Waals surface area contributed by atoms with Gasteiger partial charge in [-0.15, -0.1) is 0 Å². The van der Waals surface area contributed by atoms with Crippen LogP contribution in [0.4, 0.5) is 0 Å². The number of benzene rings is 2. The first-order valence-electron chi connectivity index (χ1n) is 10.2. The molecule has 2 aromatic carbocycles. The molecule has 0 aliphatic carbocycles. The van der Waals surface area contributed by atoms with Gasteiger partial charge in [0.25, 0.3) is 5.56 Å². The number of aryl methyl sites for hydroxylation is 1. The number of hydrogen-bond donors (Lipinski definition) is 1. The monoisotopic (exact) mass is 504 g/mol. The number of aromatic hydroxyl groups is 1. The molecule has 3 rings (SSSR count). The number of rotatable bonds is 8. The number of halogens is 1. The molecule has 0 amide bonds. The summed E-state index contributed by atoms with van der Waals surface area (Å²) in [6, 6.07) is 15.0. The minimum atomic E-state index is -4.27. The van der Waals surface area contributed by atoms with Crippen molar-refractivity contribution < 1.29 is 13.5 Å². The average Bonchev–Trinajstić information content (AvgIpc) is 2.75. The van der Waals surface area contributed by atoms with E-state index in [1.54, 1.807) is 12.1 Å². The van der Waals surface area contributed by atoms with Gasteiger partial charge in [-0.05, 0) is 42.7 Å². The Kier molecular flexibility index (Phi) is 7.33. The third-order valence-corrected chi connectivity index (χ3v) is 7.47. The van der Waals surface area contributed by atoms with Gasteiger partial charge in [-0.1, -0.05) is 66.5 Å². The van der Waals surface area contributed by atoms with Crippen LogP contribution in [0.1, 0.15) is 50.5 Å². The Morgan fingerprint density at radius 1 is 1.06 bits per heavy atom. The number of hydrogen-bond acceptors (Lipinski definition) is 5. The summed E-state index contributed by atoms with van der Waals surface area (Å²) in [6.45, 7) is 3.95. The Morgan fingerprint density at radius 2 is 1.71 bits per heavy atom. The molecule has 0 aliphatic rings. The highest BCUT2D eigenvalue weighted by atomic mass is 79.9. The predicted molar refractivity (Wildman–Crippen MR) is 123 cm³/mol. The zero-order valence-electron chi connectivity index (χ0n) is 17.5. The van der Waals surface area contributed by atoms with Gasteiger partial charge in [0.2, 0.25) is 15.7 Å². The first kappa shape index (κ1) is 23.2. The highest BCUT2D eigenvalue weighted by molar-refractivity contribution is 9.10. The summed E-state index contributed by atoms with van der Waals surface area (Å²) in [4.78, 5) is 17.0. The van der Waals surface area contributed by atoms with Crippen LogP contribution >= 0.6 is 15.9 Å². The highest BCUT2D eigenvalue weighted by Gasteiger charge is 2.31. The van der Waals surface area contributed by atoms with Gasteiger partial charge < -0.3 is 5.11 Å². The molecule has 1 heterocycles. The fourth-order valence-electron chi connectivity index (χ4n) is 3.59. The molecule has 0 aliphatic heterocycles. The second-order valence-electron chi connectivity index (χ2n) is 7.25. The molecule has 8 heteroatoms. The van der Waals surface area contributed by atoms with Crippen molar-refractivity contribution in [1.29, 1.82) is 0 Å². The van der Waals surface area contributed by atoms with Crippen LogP contribution in [-0.4, -0.2) is 23.1 Å². The van der Waals surface area contributed by atoms with Gasteiger partial charge >= 0.3 is 0 Å². The van der Waals surface area contributed by atoms with Crippen molar-refractivity contribution in [1.82, 2.24) is 9.55 Å². The fraction of sp³-hybridized carbons (Fsp3) is 0.304. The first-order chi connectivity index (χ1) is 14.8. The summed E-state index contributed by atoms with van der Waals surface area (Å²) in [5.41, 5.74) is 0.126. The van der Waals surface area contributed by atoms with Crippen molar-refractivity contribution >= 4 is 25.8 Å². The minimum Gasteiger partial charge on any atom is -0.492 e. The molecule has 1 N–H and O–H groups in total. The number of sulfone groups is 1. The van der Waals surface area contributed by atoms with Gasteiger partial charge in [0.15, 0.2) is 4.90 Å². The van der Waals surface area contributed by atoms with Crippen LogP contribution in [0.2, 0.25) is 0 Å². The molecule has 3 aromatic rings. The maximum atomic E-state index is 13.6. The minimum absolute atomic E-state index is 0.0782. The lowest BCUT2D eigenvalue weighted by Crippen LogP contribution is -2.33. The number of aromatic nitrogens is 2. The van der Waals surface area contributed by atoms with E-state index in [4.69, 9.17) is 0 Å². The van der Waals surface area contributed by atoms with E-state index in [-0.39, 0.29) is 4.90 Å². The molecule has 1 unspecified atom stereocenters. The van der Waals surface area contributed by atoms with Crippen LogP contribution in [-0.2, 0) is 16.3 Å². The summed E-state index contributed by atoms with van der Waals surface area (Å²) in [6.07, 6.45) is 2.65. The normalized spacial score (nSPS) is 12.6. The van der Waals surface area contributed by atoms with Crippen LogP contribution in [0.3, 0.4) is 0 Å². The van der Waals surface area contributed by atoms with E-state index in [0.717, 1.165) is 18.4 Å². The second kappa shape index (κ2) is 9.78. The van der Waals surface area contributed by atoms with Crippen molar-refractivity contribution in [3.63, 3.8) is 0 Å². The molecular weight excluding hydrogens is 480 g/mol. The molecule has 0 fully saturated rings. The third kappa shape index (κ3) is 4.75. The largest absolute Gasteiger partial charge is 0.492 e. The maximum Gasteiger partial charge on any atom is 0.277 e. The zero-order valence-corrected chi connectivity index (χ0v) is 19.9. The van der Waals surface area contributed by atoms with Gasteiger partial charge in [-0.2, -0.15) is 4.98 Å². The predicted octanol–water partition coefficient (Wildman–Crippen LogP) is 4.89. The molecule has 164 valence electrons. The quantitative estimate of drug-likeness (QED) is 0.471. The summed E-state index contributed by atoms with van der Waals surface area (Å²) >= 11 is 3.27. The second-order valence-corrected chi connectivity index (χ2v) is 10.1. The lowest BCUT2D eigenvalue weighted by Gasteiger charge is -2.23. The van der Waals surface area contributed by atoms with Crippen molar-refractivity contribution in [2.45, 2.75) is 55.4 Å². The molecule has 0 radical (unpaired) electrons. The van der Waals surface area contributed by atoms with E-state index in [1.807, 2.05) is 44.2 Å². The molecule has 1 aromatic heterocycles. The lowest BCUT2D eigenvalue weighted by molar-refractivity contribution is 0.406. The Morgan fingerprint density at radius 3 is 2.29 bits per heavy atom. The van der Waals surface area contributed by atoms with E-state index < -0.39 is 32.2 Å². The van der Waals surface area contributed by atoms with Crippen molar-refractivity contribution in [2.24, 2.45) is 0 Å². The van der Waals surface area contributed by atoms with E-state index >= 15 is 0 Å². The maximum absolute atomic E-state index is 13.6. The van der Waals surface area contributed by atoms with Crippen molar-refractivity contribution in [3.8, 4) is 5.88 Å². The van der Waals surface area contributed by atoms with Gasteiger partial charge in [0, 0.05) is 10.9 Å². The van der Waals surface area contributed by atoms with Crippen LogP contribution in [0.15, 0.2) is 73.7 Å². The third-order valence-electron chi connectivity index (χ3n) is 5.16. The van der Waals surface area contributed by atoms with E-state index in [9.17, 15) is 18.3 Å². The van der Waals surface area contributed by atoms with Crippen molar-refractivity contribution in [3.05, 3.63) is 80.8 Å². The van der Waals surface area contributed by atoms with Gasteiger partial charge in [0.05, 0.1) is 10.9 Å². The Balaban J connectivity index is 2.29. The van der Waals surface area contributed by atoms with Crippen LogP contribution in [0.25, 0.3) is 0 Å². The molecular formula is C23H25BrN2O4S. The van der Waals surface area contributed by atoms with Crippen LogP contribution in [0, 0.1) is 0 Å². The molecule has 31 heavy (non-hydrogen) atoms. The Bertz CT molecular complexity index is 1210. The SMILES string of the molecule is CCCCc1nc(O)c(S(=O)(=O)c2ccc(Br)cc2)c(=O)n1C(CC)c1ccccc1. The Labute approximate surface area is 190 Å². The number of unbranched alkanes of at least 4 members (excludes halogenated alkanes) is 1. The van der Waals surface area contributed by atoms with Gasteiger partial charge in [-0.3, -0.25) is 9.36 Å². The summed E-state index contributed by atoms with van der Waals surface area (Å²) < 4.78 is 28.7. The standard InChI is InChI=1S/C23H25BrN2O4S/c1-3-5-11-20-25-22(27)21(31(29,30)18-14-12-17(24)13-15-18)23(28)26(20)19(4-2)16-9-7-6-8-10-16/h6-10,12-15,19,27H,3-5,11H2,1-2H3. The van der Waals surface area contributed by atoms with Gasteiger partial charge in [-0.25, -0.2) is 8.42 Å². The fourth-order valence-corrected chi connectivity index (χ4v) is 5.20. The van der Waals surface area contributed by atoms with E-state index in [2.05, 4.69) is 20.9 Å². The average molecular weight is 505 g/mol. The van der Waals surface area contributed by atoms with E-state index in [1.165, 1.54) is 16.7 Å². The Hall–Kier alpha value is -2.45. The molecule has 1 atom stereocenters. The highest BCUT2D eigenvalue weighted by Crippen LogP contribution is 2.29. The zero-order chi connectivity index (χ0) is 22.6. The smallest absolute Gasteiger partial charge is 0.277 e. The first-order valence-corrected chi connectivity index (χ1v) is 12.5. The summed E-state index contributed by atoms with van der Waals surface area (Å²) in [5.74, 6) is -0.368. The van der Waals surface area contributed by atoms with Crippen LogP contribution in [0.5, 0.6) is 5.88 Å². The molecule has 0 spiro atoms. The molecule has 6 nitrogen and oxygen atoms in total. The number of nitrogens with zero attached hydrogens (tertiary/aromatic N) is 2. The summed E-state index contributed by atoms with van der Waals surface area (Å²) in [5, 5.41) is 10.6.